The fourth-order valence-electron chi connectivity index (χ4n) is 5.89. The van der Waals surface area contributed by atoms with Gasteiger partial charge in [0, 0.05) is 38.2 Å². The average Bonchev–Trinajstić information content (AvgIpc) is 3.92. The second-order valence-corrected chi connectivity index (χ2v) is 10.5. The van der Waals surface area contributed by atoms with Crippen molar-refractivity contribution >= 4 is 54.6 Å². The molecule has 0 saturated heterocycles. The molecule has 224 valence electrons. The van der Waals surface area contributed by atoms with Crippen LogP contribution in [0, 0.1) is 0 Å². The van der Waals surface area contributed by atoms with E-state index in [0.29, 0.717) is 10.8 Å². The Morgan fingerprint density at radius 3 is 1.56 bits per heavy atom. The van der Waals surface area contributed by atoms with Crippen LogP contribution in [0.3, 0.4) is 0 Å². The first-order valence-corrected chi connectivity index (χ1v) is 14.4. The summed E-state index contributed by atoms with van der Waals surface area (Å²) in [7, 11) is 0. The van der Waals surface area contributed by atoms with Crippen LogP contribution in [0.1, 0.15) is 26.0 Å². The molecule has 0 aliphatic heterocycles. The van der Waals surface area contributed by atoms with Gasteiger partial charge in [-0.25, -0.2) is 15.0 Å². The van der Waals surface area contributed by atoms with E-state index in [9.17, 15) is 2.74 Å². The molecule has 0 aliphatic carbocycles. The van der Waals surface area contributed by atoms with Gasteiger partial charge in [-0.3, -0.25) is 0 Å². The van der Waals surface area contributed by atoms with E-state index in [0.717, 1.165) is 0 Å². The molecular weight excluding hydrogens is 590 g/mol. The Labute approximate surface area is 301 Å². The molecule has 10 rings (SSSR count). The average molecular weight is 635 g/mol. The molecule has 0 amide bonds. The normalized spacial score (nSPS) is 17.3. The van der Waals surface area contributed by atoms with Crippen molar-refractivity contribution in [3.63, 3.8) is 0 Å². The molecule has 3 heterocycles. The van der Waals surface area contributed by atoms with Crippen LogP contribution in [0.25, 0.3) is 99.9 Å². The Morgan fingerprint density at radius 2 is 0.875 bits per heavy atom. The number of para-hydroxylation sites is 2. The van der Waals surface area contributed by atoms with Gasteiger partial charge in [-0.15, -0.1) is 0 Å². The zero-order chi connectivity index (χ0) is 48.1. The SMILES string of the molecule is [2H]c1c([2H])c([2H])c(-c2nc(-c3cccc4c(-c5c([2H])c([2H])c([2H])c6oc7c([2H])c([2H])c([2H])c([2H])c7c56)cccc34)nc(-c3c([2H])c([2H])c([2H])c4oc5c([2H])c([2H])c([2H])c([2H])c5c34)n2)c([2H])c1[2H]. The molecule has 5 nitrogen and oxygen atoms in total. The van der Waals surface area contributed by atoms with Crippen LogP contribution >= 0.6 is 0 Å². The van der Waals surface area contributed by atoms with Gasteiger partial charge in [-0.2, -0.15) is 0 Å². The zero-order valence-electron chi connectivity index (χ0n) is 43.1. The topological polar surface area (TPSA) is 65.0 Å². The van der Waals surface area contributed by atoms with E-state index < -0.39 is 138 Å². The highest BCUT2D eigenvalue weighted by Gasteiger charge is 2.20. The first-order chi connectivity index (χ1) is 31.7. The smallest absolute Gasteiger partial charge is 0.164 e. The van der Waals surface area contributed by atoms with E-state index in [1.807, 2.05) is 0 Å². The van der Waals surface area contributed by atoms with Crippen molar-refractivity contribution in [2.45, 2.75) is 0 Å². The van der Waals surface area contributed by atoms with Gasteiger partial charge in [0.1, 0.15) is 22.3 Å². The minimum absolute atomic E-state index is 0.00483. The van der Waals surface area contributed by atoms with Crippen molar-refractivity contribution in [3.8, 4) is 45.3 Å². The number of hydrogen-bond acceptors (Lipinski definition) is 5. The maximum absolute atomic E-state index is 9.19. The summed E-state index contributed by atoms with van der Waals surface area (Å²) in [4.78, 5) is 13.9. The van der Waals surface area contributed by atoms with Crippen molar-refractivity contribution < 1.29 is 34.9 Å². The number of aromatic nitrogens is 3. The molecule has 48 heavy (non-hydrogen) atoms. The molecular formula is C43H25N3O2. The lowest BCUT2D eigenvalue weighted by Crippen LogP contribution is -2.01. The summed E-state index contributed by atoms with van der Waals surface area (Å²) in [6, 6.07) is -2.32. The number of hydrogen-bond donors (Lipinski definition) is 0. The van der Waals surface area contributed by atoms with Crippen LogP contribution in [0.4, 0.5) is 0 Å². The van der Waals surface area contributed by atoms with Crippen molar-refractivity contribution in [1.82, 2.24) is 15.0 Å². The number of benzene rings is 7. The second kappa shape index (κ2) is 10.5. The summed E-state index contributed by atoms with van der Waals surface area (Å²) in [5, 5.41) is 0.0475. The Kier molecular flexibility index (Phi) is 3.06. The van der Waals surface area contributed by atoms with E-state index in [1.54, 1.807) is 36.4 Å². The third kappa shape index (κ3) is 4.08. The van der Waals surface area contributed by atoms with Crippen LogP contribution in [-0.2, 0) is 0 Å². The fraction of sp³-hybridized carbons (Fsp3) is 0. The van der Waals surface area contributed by atoms with Gasteiger partial charge >= 0.3 is 0 Å². The van der Waals surface area contributed by atoms with Crippen molar-refractivity contribution in [2.75, 3.05) is 0 Å². The predicted molar refractivity (Wildman–Crippen MR) is 194 cm³/mol. The van der Waals surface area contributed by atoms with Crippen LogP contribution in [0.5, 0.6) is 0 Å². The number of furan rings is 2. The minimum atomic E-state index is -0.733. The summed E-state index contributed by atoms with van der Waals surface area (Å²) < 4.78 is 176. The van der Waals surface area contributed by atoms with Gasteiger partial charge in [0.05, 0.1) is 26.0 Å². The van der Waals surface area contributed by atoms with Crippen LogP contribution < -0.4 is 0 Å². The maximum Gasteiger partial charge on any atom is 0.164 e. The highest BCUT2D eigenvalue weighted by molar-refractivity contribution is 6.16. The van der Waals surface area contributed by atoms with E-state index in [-0.39, 0.29) is 66.4 Å². The molecule has 0 fully saturated rings. The second-order valence-electron chi connectivity index (χ2n) is 10.5. The van der Waals surface area contributed by atoms with Gasteiger partial charge in [-0.05, 0) is 46.1 Å². The van der Waals surface area contributed by atoms with E-state index in [1.165, 1.54) is 0 Å². The van der Waals surface area contributed by atoms with E-state index in [2.05, 4.69) is 9.97 Å². The Bertz CT molecular complexity index is 3910. The van der Waals surface area contributed by atoms with Gasteiger partial charge in [0.25, 0.3) is 0 Å². The zero-order valence-corrected chi connectivity index (χ0v) is 24.1. The highest BCUT2D eigenvalue weighted by Crippen LogP contribution is 2.41. The minimum Gasteiger partial charge on any atom is -0.456 e. The molecule has 10 aromatic rings. The van der Waals surface area contributed by atoms with Gasteiger partial charge in [-0.1, -0.05) is 127 Å². The summed E-state index contributed by atoms with van der Waals surface area (Å²) in [5.41, 5.74) is -1.76. The largest absolute Gasteiger partial charge is 0.456 e. The highest BCUT2D eigenvalue weighted by atomic mass is 16.3. The number of rotatable bonds is 4. The lowest BCUT2D eigenvalue weighted by molar-refractivity contribution is 0.668. The molecule has 0 N–H and O–H groups in total. The summed E-state index contributed by atoms with van der Waals surface area (Å²) in [5.74, 6) is -1.23. The molecule has 3 aromatic heterocycles. The molecule has 0 aliphatic rings. The molecule has 0 bridgehead atoms. The third-order valence-electron chi connectivity index (χ3n) is 7.91. The van der Waals surface area contributed by atoms with E-state index in [4.69, 9.17) is 37.1 Å². The van der Waals surface area contributed by atoms with Crippen molar-refractivity contribution in [1.29, 1.82) is 0 Å². The first kappa shape index (κ1) is 14.0. The predicted octanol–water partition coefficient (Wildman–Crippen LogP) is 11.5. The molecule has 0 unspecified atom stereocenters. The monoisotopic (exact) mass is 634 g/mol. The maximum atomic E-state index is 9.19. The lowest BCUT2D eigenvalue weighted by atomic mass is 9.93. The fourth-order valence-corrected chi connectivity index (χ4v) is 5.89. The molecule has 5 heteroatoms. The quantitative estimate of drug-likeness (QED) is 0.193. The molecule has 0 saturated carbocycles. The van der Waals surface area contributed by atoms with Gasteiger partial charge in [0.15, 0.2) is 17.5 Å². The van der Waals surface area contributed by atoms with Crippen LogP contribution in [-0.4, -0.2) is 15.0 Å². The lowest BCUT2D eigenvalue weighted by Gasteiger charge is -2.13. The van der Waals surface area contributed by atoms with Gasteiger partial charge < -0.3 is 8.83 Å². The first-order valence-electron chi connectivity index (χ1n) is 23.9. The Balaban J connectivity index is 1.34. The molecule has 0 radical (unpaired) electrons. The standard InChI is InChI=1S/C43H25N3O2/c1-2-12-26(13-3-1)41-44-42(46-43(45-41)34-21-11-25-38-40(34)33-15-5-7-23-36(33)48-38)31-20-9-16-27-28(17-8-18-29(27)31)30-19-10-24-37-39(30)32-14-4-6-22-35(32)47-37/h1-25H/i1D,2D,3D,4D,5D,6D,7D,10D,11D,12D,13D,14D,15D,19D,21D,22D,23D,24D,25D. The van der Waals surface area contributed by atoms with Gasteiger partial charge in [0.2, 0.25) is 0 Å². The van der Waals surface area contributed by atoms with Crippen molar-refractivity contribution in [3.05, 3.63) is 151 Å². The van der Waals surface area contributed by atoms with Crippen LogP contribution in [0.15, 0.2) is 160 Å². The van der Waals surface area contributed by atoms with E-state index >= 15 is 0 Å². The Hall–Kier alpha value is -6.59. The third-order valence-corrected chi connectivity index (χ3v) is 7.91. The summed E-state index contributed by atoms with van der Waals surface area (Å²) >= 11 is 0. The molecule has 7 aromatic carbocycles. The Morgan fingerprint density at radius 1 is 0.375 bits per heavy atom. The number of nitrogens with zero attached hydrogens (tertiary/aromatic N) is 3. The van der Waals surface area contributed by atoms with Crippen LogP contribution in [0.2, 0.25) is 0 Å². The summed E-state index contributed by atoms with van der Waals surface area (Å²) in [6.45, 7) is 0. The molecule has 0 spiro atoms. The number of fused-ring (bicyclic) bond motifs is 7. The molecule has 0 atom stereocenters. The summed E-state index contributed by atoms with van der Waals surface area (Å²) in [6.07, 6.45) is 0. The van der Waals surface area contributed by atoms with Crippen molar-refractivity contribution in [2.24, 2.45) is 0 Å².